The Hall–Kier alpha value is -3.06. The molecule has 0 bridgehead atoms. The first-order valence-corrected chi connectivity index (χ1v) is 11.8. The average Bonchev–Trinajstić information content (AvgIpc) is 3.34. The monoisotopic (exact) mass is 451 g/mol. The van der Waals surface area contributed by atoms with E-state index < -0.39 is 0 Å². The Morgan fingerprint density at radius 1 is 1.03 bits per heavy atom. The van der Waals surface area contributed by atoms with Crippen molar-refractivity contribution in [2.45, 2.75) is 38.1 Å². The second-order valence-electron chi connectivity index (χ2n) is 8.05. The molecule has 0 spiro atoms. The number of benzene rings is 2. The summed E-state index contributed by atoms with van der Waals surface area (Å²) in [4.78, 5) is 19.9. The number of amides is 1. The summed E-state index contributed by atoms with van der Waals surface area (Å²) in [5.41, 5.74) is 3.18. The molecular formula is C25H29N3O3S. The molecule has 0 radical (unpaired) electrons. The number of nitrogens with zero attached hydrogens (tertiary/aromatic N) is 2. The number of hydrogen-bond donors (Lipinski definition) is 1. The molecule has 1 aliphatic carbocycles. The average molecular weight is 452 g/mol. The van der Waals surface area contributed by atoms with Gasteiger partial charge in [0.1, 0.15) is 11.5 Å². The van der Waals surface area contributed by atoms with Crippen molar-refractivity contribution in [2.24, 2.45) is 0 Å². The fourth-order valence-electron chi connectivity index (χ4n) is 4.05. The number of anilines is 2. The third-order valence-electron chi connectivity index (χ3n) is 5.97. The van der Waals surface area contributed by atoms with E-state index in [-0.39, 0.29) is 5.91 Å². The summed E-state index contributed by atoms with van der Waals surface area (Å²) in [5, 5.41) is 6.10. The van der Waals surface area contributed by atoms with Crippen LogP contribution in [-0.2, 0) is 0 Å². The SMILES string of the molecule is COc1cc(OC)cc(C(=O)Nc2ccc(-c3csc(N(C)C4CCCCC4)n3)cc2)c1. The molecule has 168 valence electrons. The van der Waals surface area contributed by atoms with Gasteiger partial charge in [0.15, 0.2) is 5.13 Å². The van der Waals surface area contributed by atoms with Crippen LogP contribution in [0, 0.1) is 0 Å². The van der Waals surface area contributed by atoms with Crippen LogP contribution < -0.4 is 19.7 Å². The van der Waals surface area contributed by atoms with Crippen molar-refractivity contribution in [3.63, 3.8) is 0 Å². The molecule has 1 N–H and O–H groups in total. The lowest BCUT2D eigenvalue weighted by Crippen LogP contribution is -2.33. The quantitative estimate of drug-likeness (QED) is 0.488. The normalized spacial score (nSPS) is 14.1. The Morgan fingerprint density at radius 2 is 1.69 bits per heavy atom. The second-order valence-corrected chi connectivity index (χ2v) is 8.89. The van der Waals surface area contributed by atoms with Gasteiger partial charge in [0.05, 0.1) is 19.9 Å². The van der Waals surface area contributed by atoms with Gasteiger partial charge in [-0.1, -0.05) is 31.4 Å². The first-order chi connectivity index (χ1) is 15.6. The van der Waals surface area contributed by atoms with Crippen LogP contribution >= 0.6 is 11.3 Å². The number of hydrogen-bond acceptors (Lipinski definition) is 6. The highest BCUT2D eigenvalue weighted by molar-refractivity contribution is 7.14. The first kappa shape index (κ1) is 22.1. The van der Waals surface area contributed by atoms with Crippen molar-refractivity contribution >= 4 is 28.1 Å². The van der Waals surface area contributed by atoms with Crippen molar-refractivity contribution in [3.8, 4) is 22.8 Å². The van der Waals surface area contributed by atoms with E-state index in [2.05, 4.69) is 22.6 Å². The van der Waals surface area contributed by atoms with Crippen molar-refractivity contribution in [1.82, 2.24) is 4.98 Å². The van der Waals surface area contributed by atoms with Gasteiger partial charge in [-0.05, 0) is 37.1 Å². The third-order valence-corrected chi connectivity index (χ3v) is 6.90. The topological polar surface area (TPSA) is 63.7 Å². The predicted molar refractivity (Wildman–Crippen MR) is 130 cm³/mol. The summed E-state index contributed by atoms with van der Waals surface area (Å²) in [5.74, 6) is 0.921. The van der Waals surface area contributed by atoms with Crippen LogP contribution in [0.15, 0.2) is 47.8 Å². The number of nitrogens with one attached hydrogen (secondary N) is 1. The zero-order valence-electron chi connectivity index (χ0n) is 18.8. The van der Waals surface area contributed by atoms with Crippen LogP contribution in [0.5, 0.6) is 11.5 Å². The van der Waals surface area contributed by atoms with E-state index in [0.29, 0.717) is 23.1 Å². The molecule has 0 saturated heterocycles. The molecule has 32 heavy (non-hydrogen) atoms. The molecule has 0 aliphatic heterocycles. The van der Waals surface area contributed by atoms with Crippen LogP contribution in [0.3, 0.4) is 0 Å². The summed E-state index contributed by atoms with van der Waals surface area (Å²) in [6.45, 7) is 0. The molecule has 0 unspecified atom stereocenters. The summed E-state index contributed by atoms with van der Waals surface area (Å²) in [7, 11) is 5.28. The molecule has 1 saturated carbocycles. The van der Waals surface area contributed by atoms with E-state index in [1.165, 1.54) is 32.1 Å². The Balaban J connectivity index is 1.43. The van der Waals surface area contributed by atoms with E-state index in [1.807, 2.05) is 24.3 Å². The third kappa shape index (κ3) is 5.05. The Labute approximate surface area is 193 Å². The minimum atomic E-state index is -0.222. The number of aromatic nitrogens is 1. The van der Waals surface area contributed by atoms with E-state index in [0.717, 1.165) is 22.1 Å². The standard InChI is InChI=1S/C25H29N3O3S/c1-28(20-7-5-4-6-8-20)25-27-23(16-32-25)17-9-11-19(12-10-17)26-24(29)18-13-21(30-2)15-22(14-18)31-3/h9-16,20H,4-8H2,1-3H3,(H,26,29). The maximum atomic E-state index is 12.7. The summed E-state index contributed by atoms with van der Waals surface area (Å²) >= 11 is 1.69. The minimum absolute atomic E-state index is 0.222. The maximum absolute atomic E-state index is 12.7. The molecule has 1 heterocycles. The maximum Gasteiger partial charge on any atom is 0.255 e. The summed E-state index contributed by atoms with van der Waals surface area (Å²) in [6, 6.07) is 13.5. The van der Waals surface area contributed by atoms with E-state index in [9.17, 15) is 4.79 Å². The highest BCUT2D eigenvalue weighted by atomic mass is 32.1. The molecule has 0 atom stereocenters. The van der Waals surface area contributed by atoms with Gasteiger partial charge in [-0.15, -0.1) is 11.3 Å². The number of carbonyl (C=O) groups is 1. The largest absolute Gasteiger partial charge is 0.497 e. The van der Waals surface area contributed by atoms with Gasteiger partial charge in [-0.3, -0.25) is 4.79 Å². The zero-order chi connectivity index (χ0) is 22.5. The van der Waals surface area contributed by atoms with Gasteiger partial charge >= 0.3 is 0 Å². The number of methoxy groups -OCH3 is 2. The Bertz CT molecular complexity index is 1040. The molecule has 2 aromatic carbocycles. The highest BCUT2D eigenvalue weighted by Gasteiger charge is 2.20. The van der Waals surface area contributed by atoms with Gasteiger partial charge in [0.2, 0.25) is 0 Å². The summed E-state index contributed by atoms with van der Waals surface area (Å²) < 4.78 is 10.5. The van der Waals surface area contributed by atoms with Crippen LogP contribution in [0.25, 0.3) is 11.3 Å². The molecule has 6 nitrogen and oxygen atoms in total. The molecule has 1 aliphatic rings. The molecule has 1 amide bonds. The molecule has 4 rings (SSSR count). The molecule has 1 fully saturated rings. The van der Waals surface area contributed by atoms with E-state index >= 15 is 0 Å². The van der Waals surface area contributed by atoms with Gasteiger partial charge < -0.3 is 19.7 Å². The van der Waals surface area contributed by atoms with Crippen LogP contribution in [0.1, 0.15) is 42.5 Å². The minimum Gasteiger partial charge on any atom is -0.497 e. The molecule has 7 heteroatoms. The number of thiazole rings is 1. The van der Waals surface area contributed by atoms with Crippen molar-refractivity contribution < 1.29 is 14.3 Å². The first-order valence-electron chi connectivity index (χ1n) is 10.9. The lowest BCUT2D eigenvalue weighted by molar-refractivity contribution is 0.102. The summed E-state index contributed by atoms with van der Waals surface area (Å²) in [6.07, 6.45) is 6.46. The smallest absolute Gasteiger partial charge is 0.255 e. The van der Waals surface area contributed by atoms with E-state index in [4.69, 9.17) is 14.5 Å². The fourth-order valence-corrected chi connectivity index (χ4v) is 4.92. The van der Waals surface area contributed by atoms with Gasteiger partial charge in [0.25, 0.3) is 5.91 Å². The van der Waals surface area contributed by atoms with Crippen LogP contribution in [0.4, 0.5) is 10.8 Å². The lowest BCUT2D eigenvalue weighted by Gasteiger charge is -2.30. The van der Waals surface area contributed by atoms with Crippen LogP contribution in [-0.4, -0.2) is 38.2 Å². The second kappa shape index (κ2) is 10.0. The predicted octanol–water partition coefficient (Wildman–Crippen LogP) is 5.85. The number of rotatable bonds is 7. The van der Waals surface area contributed by atoms with Crippen LogP contribution in [0.2, 0.25) is 0 Å². The number of carbonyl (C=O) groups excluding carboxylic acids is 1. The number of ether oxygens (including phenoxy) is 2. The molecule has 1 aromatic heterocycles. The van der Waals surface area contributed by atoms with Gasteiger partial charge in [-0.25, -0.2) is 4.98 Å². The van der Waals surface area contributed by atoms with Gasteiger partial charge in [0, 0.05) is 41.4 Å². The fraction of sp³-hybridized carbons (Fsp3) is 0.360. The van der Waals surface area contributed by atoms with Crippen molar-refractivity contribution in [3.05, 3.63) is 53.4 Å². The Kier molecular flexibility index (Phi) is 6.95. The molecule has 3 aromatic rings. The Morgan fingerprint density at radius 3 is 2.31 bits per heavy atom. The van der Waals surface area contributed by atoms with Gasteiger partial charge in [-0.2, -0.15) is 0 Å². The lowest BCUT2D eigenvalue weighted by atomic mass is 9.95. The van der Waals surface area contributed by atoms with E-state index in [1.54, 1.807) is 43.8 Å². The zero-order valence-corrected chi connectivity index (χ0v) is 19.6. The van der Waals surface area contributed by atoms with Crippen molar-refractivity contribution in [1.29, 1.82) is 0 Å². The molecular weight excluding hydrogens is 422 g/mol. The highest BCUT2D eigenvalue weighted by Crippen LogP contribution is 2.32. The van der Waals surface area contributed by atoms with Crippen molar-refractivity contribution in [2.75, 3.05) is 31.5 Å².